The van der Waals surface area contributed by atoms with Gasteiger partial charge in [-0.3, -0.25) is 4.79 Å². The molecule has 1 N–H and O–H groups in total. The van der Waals surface area contributed by atoms with Crippen LogP contribution in [0.5, 0.6) is 0 Å². The number of amides is 1. The van der Waals surface area contributed by atoms with E-state index >= 15 is 0 Å². The molecule has 1 aromatic rings. The van der Waals surface area contributed by atoms with Gasteiger partial charge in [0.05, 0.1) is 6.20 Å². The summed E-state index contributed by atoms with van der Waals surface area (Å²) in [6.45, 7) is 4.64. The monoisotopic (exact) mass is 224 g/mol. The van der Waals surface area contributed by atoms with Crippen LogP contribution in [0, 0.1) is 0 Å². The minimum Gasteiger partial charge on any atom is -0.368 e. The van der Waals surface area contributed by atoms with Crippen molar-refractivity contribution in [2.24, 2.45) is 0 Å². The van der Waals surface area contributed by atoms with Gasteiger partial charge in [0.25, 0.3) is 5.91 Å². The molecule has 16 heavy (non-hydrogen) atoms. The van der Waals surface area contributed by atoms with Gasteiger partial charge in [-0.25, -0.2) is 0 Å². The van der Waals surface area contributed by atoms with Gasteiger partial charge in [0.2, 0.25) is 0 Å². The van der Waals surface area contributed by atoms with E-state index in [-0.39, 0.29) is 17.9 Å². The quantitative estimate of drug-likeness (QED) is 0.851. The highest BCUT2D eigenvalue weighted by Gasteiger charge is 2.25. The number of nitrogens with zero attached hydrogens (tertiary/aromatic N) is 1. The minimum atomic E-state index is -0.324. The number of anilines is 1. The topological polar surface area (TPSA) is 64.4 Å². The number of ether oxygens (including phenoxy) is 1. The van der Waals surface area contributed by atoms with E-state index in [9.17, 15) is 4.79 Å². The molecule has 1 aromatic heterocycles. The first kappa shape index (κ1) is 11.1. The summed E-state index contributed by atoms with van der Waals surface area (Å²) >= 11 is 0. The Labute approximate surface area is 94.1 Å². The molecule has 5 heteroatoms. The molecular formula is C11H16N2O3. The van der Waals surface area contributed by atoms with Crippen LogP contribution in [-0.2, 0) is 9.53 Å². The molecular weight excluding hydrogens is 208 g/mol. The van der Waals surface area contributed by atoms with Crippen molar-refractivity contribution in [1.82, 2.24) is 5.16 Å². The number of rotatable bonds is 3. The van der Waals surface area contributed by atoms with Gasteiger partial charge in [-0.05, 0) is 12.8 Å². The van der Waals surface area contributed by atoms with Gasteiger partial charge >= 0.3 is 0 Å². The Morgan fingerprint density at radius 2 is 2.44 bits per heavy atom. The van der Waals surface area contributed by atoms with Gasteiger partial charge in [-0.1, -0.05) is 19.0 Å². The average Bonchev–Trinajstić information content (AvgIpc) is 2.86. The summed E-state index contributed by atoms with van der Waals surface area (Å²) in [4.78, 5) is 11.8. The van der Waals surface area contributed by atoms with Gasteiger partial charge in [-0.15, -0.1) is 0 Å². The molecule has 1 atom stereocenters. The normalized spacial score (nSPS) is 20.3. The molecule has 1 aliphatic rings. The van der Waals surface area contributed by atoms with Gasteiger partial charge in [0.15, 0.2) is 5.76 Å². The maximum Gasteiger partial charge on any atom is 0.253 e. The van der Waals surface area contributed by atoms with Crippen LogP contribution in [-0.4, -0.2) is 23.8 Å². The lowest BCUT2D eigenvalue weighted by atomic mass is 10.1. The van der Waals surface area contributed by atoms with Crippen LogP contribution >= 0.6 is 0 Å². The Morgan fingerprint density at radius 3 is 3.06 bits per heavy atom. The summed E-state index contributed by atoms with van der Waals surface area (Å²) < 4.78 is 10.4. The van der Waals surface area contributed by atoms with Gasteiger partial charge in [0.1, 0.15) is 11.8 Å². The summed E-state index contributed by atoms with van der Waals surface area (Å²) in [5.74, 6) is 0.788. The van der Waals surface area contributed by atoms with E-state index in [0.717, 1.165) is 12.8 Å². The molecule has 2 rings (SSSR count). The summed E-state index contributed by atoms with van der Waals surface area (Å²) in [6.07, 6.45) is 2.93. The molecule has 0 spiro atoms. The summed E-state index contributed by atoms with van der Waals surface area (Å²) in [7, 11) is 0. The zero-order valence-electron chi connectivity index (χ0n) is 9.53. The minimum absolute atomic E-state index is 0.109. The van der Waals surface area contributed by atoms with Crippen molar-refractivity contribution in [1.29, 1.82) is 0 Å². The highest BCUT2D eigenvalue weighted by Crippen LogP contribution is 2.24. The van der Waals surface area contributed by atoms with Crippen LogP contribution in [0.3, 0.4) is 0 Å². The van der Waals surface area contributed by atoms with Crippen LogP contribution in [0.2, 0.25) is 0 Å². The number of hydrogen-bond acceptors (Lipinski definition) is 4. The molecule has 88 valence electrons. The lowest BCUT2D eigenvalue weighted by molar-refractivity contribution is -0.124. The fourth-order valence-electron chi connectivity index (χ4n) is 1.76. The zero-order valence-corrected chi connectivity index (χ0v) is 9.53. The number of aromatic nitrogens is 1. The van der Waals surface area contributed by atoms with Crippen molar-refractivity contribution in [2.45, 2.75) is 38.7 Å². The molecule has 0 bridgehead atoms. The second kappa shape index (κ2) is 4.65. The number of hydrogen-bond donors (Lipinski definition) is 1. The predicted octanol–water partition coefficient (Wildman–Crippen LogP) is 1.92. The van der Waals surface area contributed by atoms with Crippen LogP contribution in [0.15, 0.2) is 10.7 Å². The number of nitrogens with one attached hydrogen (secondary N) is 1. The van der Waals surface area contributed by atoms with E-state index in [1.807, 2.05) is 13.8 Å². The number of carbonyl (C=O) groups excluding carboxylic acids is 1. The standard InChI is InChI=1S/C11H16N2O3/c1-7(2)10-8(6-12-16-10)13-11(14)9-4-3-5-15-9/h6-7,9H,3-5H2,1-2H3,(H,13,14)/t9-/m0/s1. The Kier molecular flexibility index (Phi) is 3.24. The van der Waals surface area contributed by atoms with Crippen LogP contribution in [0.1, 0.15) is 38.4 Å². The molecule has 1 saturated heterocycles. The third-order valence-corrected chi connectivity index (χ3v) is 2.60. The molecule has 5 nitrogen and oxygen atoms in total. The van der Waals surface area contributed by atoms with Crippen molar-refractivity contribution in [2.75, 3.05) is 11.9 Å². The molecule has 1 aliphatic heterocycles. The second-order valence-corrected chi connectivity index (χ2v) is 4.25. The fraction of sp³-hybridized carbons (Fsp3) is 0.636. The molecule has 0 radical (unpaired) electrons. The largest absolute Gasteiger partial charge is 0.368 e. The maximum atomic E-state index is 11.8. The van der Waals surface area contributed by atoms with Crippen molar-refractivity contribution in [3.8, 4) is 0 Å². The molecule has 0 aliphatic carbocycles. The molecule has 0 saturated carbocycles. The summed E-state index contributed by atoms with van der Waals surface area (Å²) in [5, 5.41) is 6.49. The van der Waals surface area contributed by atoms with E-state index in [1.54, 1.807) is 0 Å². The van der Waals surface area contributed by atoms with E-state index in [0.29, 0.717) is 18.1 Å². The van der Waals surface area contributed by atoms with Crippen LogP contribution in [0.25, 0.3) is 0 Å². The highest BCUT2D eigenvalue weighted by atomic mass is 16.5. The van der Waals surface area contributed by atoms with E-state index in [1.165, 1.54) is 6.20 Å². The predicted molar refractivity (Wildman–Crippen MR) is 58.2 cm³/mol. The lowest BCUT2D eigenvalue weighted by Crippen LogP contribution is -2.27. The molecule has 2 heterocycles. The van der Waals surface area contributed by atoms with E-state index in [2.05, 4.69) is 10.5 Å². The molecule has 0 aromatic carbocycles. The van der Waals surface area contributed by atoms with E-state index in [4.69, 9.17) is 9.26 Å². The van der Waals surface area contributed by atoms with Crippen molar-refractivity contribution in [3.05, 3.63) is 12.0 Å². The summed E-state index contributed by atoms with van der Waals surface area (Å²) in [6, 6.07) is 0. The Morgan fingerprint density at radius 1 is 1.62 bits per heavy atom. The third kappa shape index (κ3) is 2.24. The first-order valence-electron chi connectivity index (χ1n) is 5.55. The number of carbonyl (C=O) groups is 1. The molecule has 1 fully saturated rings. The second-order valence-electron chi connectivity index (χ2n) is 4.25. The first-order chi connectivity index (χ1) is 7.68. The molecule has 1 amide bonds. The Bertz CT molecular complexity index is 367. The van der Waals surface area contributed by atoms with Crippen LogP contribution in [0.4, 0.5) is 5.69 Å². The van der Waals surface area contributed by atoms with Crippen molar-refractivity contribution in [3.63, 3.8) is 0 Å². The van der Waals surface area contributed by atoms with Crippen molar-refractivity contribution >= 4 is 11.6 Å². The van der Waals surface area contributed by atoms with Crippen molar-refractivity contribution < 1.29 is 14.1 Å². The Hall–Kier alpha value is -1.36. The highest BCUT2D eigenvalue weighted by molar-refractivity contribution is 5.94. The summed E-state index contributed by atoms with van der Waals surface area (Å²) in [5.41, 5.74) is 0.649. The smallest absolute Gasteiger partial charge is 0.253 e. The molecule has 0 unspecified atom stereocenters. The van der Waals surface area contributed by atoms with Crippen LogP contribution < -0.4 is 5.32 Å². The van der Waals surface area contributed by atoms with Gasteiger partial charge in [-0.2, -0.15) is 0 Å². The van der Waals surface area contributed by atoms with Gasteiger partial charge in [0, 0.05) is 12.5 Å². The first-order valence-corrected chi connectivity index (χ1v) is 5.55. The van der Waals surface area contributed by atoms with E-state index < -0.39 is 0 Å². The average molecular weight is 224 g/mol. The lowest BCUT2D eigenvalue weighted by Gasteiger charge is -2.10. The fourth-order valence-corrected chi connectivity index (χ4v) is 1.76. The SMILES string of the molecule is CC(C)c1oncc1NC(=O)[C@@H]1CCCO1. The Balaban J connectivity index is 2.02. The van der Waals surface area contributed by atoms with Gasteiger partial charge < -0.3 is 14.6 Å². The zero-order chi connectivity index (χ0) is 11.5. The third-order valence-electron chi connectivity index (χ3n) is 2.60. The maximum absolute atomic E-state index is 11.8.